The monoisotopic (exact) mass is 208 g/mol. The molecule has 1 aliphatic heterocycles. The molecule has 0 atom stereocenters. The van der Waals surface area contributed by atoms with Crippen molar-refractivity contribution in [1.29, 1.82) is 0 Å². The second-order valence-electron chi connectivity index (χ2n) is 3.79. The quantitative estimate of drug-likeness (QED) is 0.695. The van der Waals surface area contributed by atoms with Crippen molar-refractivity contribution in [2.45, 2.75) is 39.7 Å². The third-order valence-electron chi connectivity index (χ3n) is 2.72. The number of rotatable bonds is 2. The molecular formula is C11H16N2O2. The topological polar surface area (TPSA) is 44.1 Å². The fraction of sp³-hybridized carbons (Fsp3) is 0.636. The Morgan fingerprint density at radius 2 is 2.33 bits per heavy atom. The van der Waals surface area contributed by atoms with E-state index in [0.29, 0.717) is 12.3 Å². The summed E-state index contributed by atoms with van der Waals surface area (Å²) in [6.07, 6.45) is 3.26. The van der Waals surface area contributed by atoms with Gasteiger partial charge in [-0.2, -0.15) is 0 Å². The molecule has 2 rings (SSSR count). The summed E-state index contributed by atoms with van der Waals surface area (Å²) in [7, 11) is 0. The molecule has 15 heavy (non-hydrogen) atoms. The molecule has 0 aliphatic carbocycles. The molecular weight excluding hydrogens is 192 g/mol. The third-order valence-corrected chi connectivity index (χ3v) is 2.72. The number of aryl methyl sites for hydroxylation is 2. The van der Waals surface area contributed by atoms with E-state index in [1.165, 1.54) is 6.42 Å². The lowest BCUT2D eigenvalue weighted by Gasteiger charge is -2.15. The maximum atomic E-state index is 11.7. The Morgan fingerprint density at radius 1 is 1.53 bits per heavy atom. The Kier molecular flexibility index (Phi) is 2.75. The average Bonchev–Trinajstić information content (AvgIpc) is 2.54. The summed E-state index contributed by atoms with van der Waals surface area (Å²) in [5.74, 6) is 0.789. The van der Waals surface area contributed by atoms with Crippen LogP contribution in [0.2, 0.25) is 0 Å². The largest absolute Gasteiger partial charge is 0.461 e. The number of hydrogen-bond acceptors (Lipinski definition) is 3. The molecule has 2 heterocycles. The zero-order valence-electron chi connectivity index (χ0n) is 9.25. The predicted octanol–water partition coefficient (Wildman–Crippen LogP) is 1.70. The van der Waals surface area contributed by atoms with Crippen LogP contribution in [0.1, 0.15) is 41.8 Å². The van der Waals surface area contributed by atoms with Crippen LogP contribution < -0.4 is 0 Å². The van der Waals surface area contributed by atoms with E-state index in [9.17, 15) is 4.79 Å². The average molecular weight is 208 g/mol. The van der Waals surface area contributed by atoms with Crippen LogP contribution in [0, 0.1) is 6.92 Å². The Morgan fingerprint density at radius 3 is 3.07 bits per heavy atom. The van der Waals surface area contributed by atoms with Crippen molar-refractivity contribution in [2.24, 2.45) is 0 Å². The summed E-state index contributed by atoms with van der Waals surface area (Å²) >= 11 is 0. The van der Waals surface area contributed by atoms with Crippen molar-refractivity contribution < 1.29 is 9.53 Å². The van der Waals surface area contributed by atoms with Gasteiger partial charge in [0.15, 0.2) is 0 Å². The molecule has 0 unspecified atom stereocenters. The first-order valence-corrected chi connectivity index (χ1v) is 5.47. The van der Waals surface area contributed by atoms with E-state index in [-0.39, 0.29) is 5.97 Å². The minimum Gasteiger partial charge on any atom is -0.461 e. The lowest BCUT2D eigenvalue weighted by Crippen LogP contribution is -2.18. The molecule has 1 aliphatic rings. The highest BCUT2D eigenvalue weighted by Crippen LogP contribution is 2.19. The summed E-state index contributed by atoms with van der Waals surface area (Å²) < 4.78 is 7.04. The number of fused-ring (bicyclic) bond motifs is 1. The van der Waals surface area contributed by atoms with Gasteiger partial charge in [-0.1, -0.05) is 0 Å². The van der Waals surface area contributed by atoms with E-state index < -0.39 is 0 Å². The number of ether oxygens (including phenoxy) is 1. The summed E-state index contributed by atoms with van der Waals surface area (Å²) in [6, 6.07) is 0. The van der Waals surface area contributed by atoms with Crippen molar-refractivity contribution in [2.75, 3.05) is 6.61 Å². The fourth-order valence-corrected chi connectivity index (χ4v) is 2.07. The molecule has 0 amide bonds. The van der Waals surface area contributed by atoms with E-state index in [0.717, 1.165) is 30.9 Å². The highest BCUT2D eigenvalue weighted by Gasteiger charge is 2.23. The maximum Gasteiger partial charge on any atom is 0.356 e. The van der Waals surface area contributed by atoms with Gasteiger partial charge in [-0.15, -0.1) is 0 Å². The van der Waals surface area contributed by atoms with Crippen LogP contribution in [0.3, 0.4) is 0 Å². The Balaban J connectivity index is 2.37. The smallest absolute Gasteiger partial charge is 0.356 e. The Hall–Kier alpha value is -1.32. The van der Waals surface area contributed by atoms with Crippen LogP contribution in [0.15, 0.2) is 0 Å². The Labute approximate surface area is 89.3 Å². The molecule has 1 aromatic heterocycles. The molecule has 0 spiro atoms. The van der Waals surface area contributed by atoms with Gasteiger partial charge in [0.05, 0.1) is 12.3 Å². The van der Waals surface area contributed by atoms with E-state index in [1.54, 1.807) is 0 Å². The highest BCUT2D eigenvalue weighted by atomic mass is 16.5. The van der Waals surface area contributed by atoms with E-state index in [1.807, 2.05) is 18.4 Å². The van der Waals surface area contributed by atoms with Gasteiger partial charge in [0.25, 0.3) is 0 Å². The molecule has 0 N–H and O–H groups in total. The normalized spacial score (nSPS) is 14.8. The number of hydrogen-bond donors (Lipinski definition) is 0. The molecule has 0 radical (unpaired) electrons. The van der Waals surface area contributed by atoms with E-state index in [4.69, 9.17) is 4.74 Å². The number of carbonyl (C=O) groups excluding carboxylic acids is 1. The molecule has 0 saturated carbocycles. The summed E-state index contributed by atoms with van der Waals surface area (Å²) in [4.78, 5) is 16.1. The molecule has 0 aromatic carbocycles. The first-order valence-electron chi connectivity index (χ1n) is 5.47. The standard InChI is InChI=1S/C11H16N2O2/c1-3-15-11(14)10-8(2)12-9-6-4-5-7-13(9)10/h3-7H2,1-2H3. The van der Waals surface area contributed by atoms with Gasteiger partial charge < -0.3 is 9.30 Å². The number of aromatic nitrogens is 2. The Bertz CT molecular complexity index is 382. The van der Waals surface area contributed by atoms with Gasteiger partial charge >= 0.3 is 5.97 Å². The molecule has 4 heteroatoms. The number of carbonyl (C=O) groups is 1. The number of esters is 1. The van der Waals surface area contributed by atoms with Crippen LogP contribution in [0.25, 0.3) is 0 Å². The summed E-state index contributed by atoms with van der Waals surface area (Å²) in [6.45, 7) is 5.00. The number of imidazole rings is 1. The van der Waals surface area contributed by atoms with Crippen LogP contribution in [-0.4, -0.2) is 22.1 Å². The summed E-state index contributed by atoms with van der Waals surface area (Å²) in [5.41, 5.74) is 1.44. The fourth-order valence-electron chi connectivity index (χ4n) is 2.07. The van der Waals surface area contributed by atoms with Crippen molar-refractivity contribution in [3.05, 3.63) is 17.2 Å². The molecule has 4 nitrogen and oxygen atoms in total. The van der Waals surface area contributed by atoms with Crippen molar-refractivity contribution in [3.8, 4) is 0 Å². The molecule has 0 saturated heterocycles. The van der Waals surface area contributed by atoms with E-state index >= 15 is 0 Å². The van der Waals surface area contributed by atoms with E-state index in [2.05, 4.69) is 4.98 Å². The van der Waals surface area contributed by atoms with Gasteiger partial charge in [-0.25, -0.2) is 9.78 Å². The van der Waals surface area contributed by atoms with Gasteiger partial charge in [0, 0.05) is 13.0 Å². The van der Waals surface area contributed by atoms with Crippen molar-refractivity contribution >= 4 is 5.97 Å². The van der Waals surface area contributed by atoms with Crippen LogP contribution in [-0.2, 0) is 17.7 Å². The predicted molar refractivity (Wildman–Crippen MR) is 55.9 cm³/mol. The number of nitrogens with zero attached hydrogens (tertiary/aromatic N) is 2. The SMILES string of the molecule is CCOC(=O)c1c(C)nc2n1CCCC2. The summed E-state index contributed by atoms with van der Waals surface area (Å²) in [5, 5.41) is 0. The molecule has 0 bridgehead atoms. The second kappa shape index (κ2) is 4.04. The van der Waals surface area contributed by atoms with Crippen LogP contribution >= 0.6 is 0 Å². The van der Waals surface area contributed by atoms with Crippen LogP contribution in [0.5, 0.6) is 0 Å². The molecule has 0 fully saturated rings. The van der Waals surface area contributed by atoms with Gasteiger partial charge in [0.2, 0.25) is 0 Å². The van der Waals surface area contributed by atoms with Crippen molar-refractivity contribution in [1.82, 2.24) is 9.55 Å². The van der Waals surface area contributed by atoms with Gasteiger partial charge in [-0.05, 0) is 26.7 Å². The van der Waals surface area contributed by atoms with Gasteiger partial charge in [-0.3, -0.25) is 0 Å². The zero-order valence-corrected chi connectivity index (χ0v) is 9.25. The minimum absolute atomic E-state index is 0.240. The van der Waals surface area contributed by atoms with Crippen molar-refractivity contribution in [3.63, 3.8) is 0 Å². The highest BCUT2D eigenvalue weighted by molar-refractivity contribution is 5.89. The maximum absolute atomic E-state index is 11.7. The van der Waals surface area contributed by atoms with Crippen LogP contribution in [0.4, 0.5) is 0 Å². The minimum atomic E-state index is -0.240. The first-order chi connectivity index (χ1) is 7.24. The first kappa shape index (κ1) is 10.2. The van der Waals surface area contributed by atoms with Gasteiger partial charge in [0.1, 0.15) is 11.5 Å². The zero-order chi connectivity index (χ0) is 10.8. The third kappa shape index (κ3) is 1.76. The molecule has 1 aromatic rings. The lowest BCUT2D eigenvalue weighted by atomic mass is 10.1. The molecule has 82 valence electrons. The lowest BCUT2D eigenvalue weighted by molar-refractivity contribution is 0.0511. The second-order valence-corrected chi connectivity index (χ2v) is 3.79.